The third-order valence-corrected chi connectivity index (χ3v) is 5.20. The van der Waals surface area contributed by atoms with Gasteiger partial charge in [0.1, 0.15) is 11.5 Å². The van der Waals surface area contributed by atoms with E-state index >= 15 is 0 Å². The molecule has 0 unspecified atom stereocenters. The van der Waals surface area contributed by atoms with Crippen LogP contribution in [0.4, 0.5) is 0 Å². The number of benzene rings is 2. The van der Waals surface area contributed by atoms with Crippen LogP contribution in [-0.4, -0.2) is 25.0 Å². The average Bonchev–Trinajstić information content (AvgIpc) is 2.66. The Morgan fingerprint density at radius 1 is 0.966 bits per heavy atom. The van der Waals surface area contributed by atoms with E-state index in [-0.39, 0.29) is 19.1 Å². The minimum Gasteiger partial charge on any atom is -0.483 e. The highest BCUT2D eigenvalue weighted by Gasteiger charge is 2.13. The summed E-state index contributed by atoms with van der Waals surface area (Å²) >= 11 is 9.39. The Labute approximate surface area is 184 Å². The van der Waals surface area contributed by atoms with Gasteiger partial charge in [-0.3, -0.25) is 20.4 Å². The fourth-order valence-corrected chi connectivity index (χ4v) is 3.11. The summed E-state index contributed by atoms with van der Waals surface area (Å²) in [6, 6.07) is 8.97. The van der Waals surface area contributed by atoms with E-state index in [2.05, 4.69) is 26.8 Å². The van der Waals surface area contributed by atoms with E-state index in [1.807, 2.05) is 39.8 Å². The van der Waals surface area contributed by atoms with E-state index in [0.717, 1.165) is 21.2 Å². The topological polar surface area (TPSA) is 76.7 Å². The highest BCUT2D eigenvalue weighted by molar-refractivity contribution is 9.10. The normalized spacial score (nSPS) is 10.6. The first kappa shape index (κ1) is 23.0. The number of carbonyl (C=O) groups excluding carboxylic acids is 2. The van der Waals surface area contributed by atoms with Crippen LogP contribution < -0.4 is 20.3 Å². The molecule has 2 aromatic carbocycles. The van der Waals surface area contributed by atoms with Gasteiger partial charge in [0.25, 0.3) is 11.8 Å². The quantitative estimate of drug-likeness (QED) is 0.571. The first-order valence-electron chi connectivity index (χ1n) is 9.07. The molecule has 156 valence electrons. The van der Waals surface area contributed by atoms with Crippen molar-refractivity contribution in [2.24, 2.45) is 0 Å². The molecule has 0 aliphatic rings. The number of halogens is 2. The van der Waals surface area contributed by atoms with Crippen molar-refractivity contribution < 1.29 is 19.1 Å². The lowest BCUT2D eigenvalue weighted by Gasteiger charge is -2.16. The second-order valence-electron chi connectivity index (χ2n) is 6.88. The summed E-state index contributed by atoms with van der Waals surface area (Å²) in [5.74, 6) is 0.458. The Hall–Kier alpha value is -2.25. The number of amides is 2. The minimum absolute atomic E-state index is 0.224. The molecule has 0 heterocycles. The molecule has 0 radical (unpaired) electrons. The highest BCUT2D eigenvalue weighted by Crippen LogP contribution is 2.32. The highest BCUT2D eigenvalue weighted by atomic mass is 79.9. The zero-order chi connectivity index (χ0) is 21.6. The SMILES string of the molecule is Cc1cc(OCC(=O)NNC(=O)COc2ccc(Cl)cc2C)c(C(C)C)cc1Br. The molecular weight excluding hydrogens is 460 g/mol. The van der Waals surface area contributed by atoms with E-state index in [9.17, 15) is 9.59 Å². The fourth-order valence-electron chi connectivity index (χ4n) is 2.52. The lowest BCUT2D eigenvalue weighted by Crippen LogP contribution is -2.45. The summed E-state index contributed by atoms with van der Waals surface area (Å²) in [7, 11) is 0. The molecule has 0 bridgehead atoms. The average molecular weight is 484 g/mol. The van der Waals surface area contributed by atoms with E-state index in [1.165, 1.54) is 0 Å². The van der Waals surface area contributed by atoms with Gasteiger partial charge in [-0.1, -0.05) is 41.4 Å². The minimum atomic E-state index is -0.491. The summed E-state index contributed by atoms with van der Waals surface area (Å²) in [4.78, 5) is 23.9. The van der Waals surface area contributed by atoms with E-state index in [4.69, 9.17) is 21.1 Å². The molecule has 2 N–H and O–H groups in total. The standard InChI is InChI=1S/C21H24BrClN2O4/c1-12(2)16-9-17(22)13(3)8-19(16)29-11-21(27)25-24-20(26)10-28-18-6-5-15(23)7-14(18)4/h5-9,12H,10-11H2,1-4H3,(H,24,26)(H,25,27). The number of ether oxygens (including phenoxy) is 2. The Kier molecular flexibility index (Phi) is 8.34. The monoisotopic (exact) mass is 482 g/mol. The van der Waals surface area contributed by atoms with Crippen molar-refractivity contribution in [3.8, 4) is 11.5 Å². The van der Waals surface area contributed by atoms with Gasteiger partial charge in [-0.25, -0.2) is 0 Å². The van der Waals surface area contributed by atoms with E-state index in [0.29, 0.717) is 16.5 Å². The van der Waals surface area contributed by atoms with Crippen molar-refractivity contribution in [2.45, 2.75) is 33.6 Å². The molecule has 2 amide bonds. The van der Waals surface area contributed by atoms with Crippen molar-refractivity contribution in [1.29, 1.82) is 0 Å². The summed E-state index contributed by atoms with van der Waals surface area (Å²) in [6.07, 6.45) is 0. The molecule has 0 spiro atoms. The van der Waals surface area contributed by atoms with Crippen LogP contribution in [0.1, 0.15) is 36.5 Å². The van der Waals surface area contributed by atoms with Crippen molar-refractivity contribution in [3.63, 3.8) is 0 Å². The van der Waals surface area contributed by atoms with E-state index in [1.54, 1.807) is 18.2 Å². The molecule has 0 fully saturated rings. The Morgan fingerprint density at radius 2 is 1.55 bits per heavy atom. The van der Waals surface area contributed by atoms with Crippen molar-refractivity contribution in [3.05, 3.63) is 56.5 Å². The van der Waals surface area contributed by atoms with Gasteiger partial charge in [0, 0.05) is 9.50 Å². The molecule has 8 heteroatoms. The second-order valence-corrected chi connectivity index (χ2v) is 8.17. The largest absolute Gasteiger partial charge is 0.483 e. The van der Waals surface area contributed by atoms with Crippen LogP contribution in [0.3, 0.4) is 0 Å². The summed E-state index contributed by atoms with van der Waals surface area (Å²) in [6.45, 7) is 7.40. The maximum Gasteiger partial charge on any atom is 0.276 e. The molecule has 0 atom stereocenters. The number of carbonyl (C=O) groups is 2. The Bertz CT molecular complexity index is 902. The van der Waals surface area contributed by atoms with Gasteiger partial charge >= 0.3 is 0 Å². The van der Waals surface area contributed by atoms with Crippen molar-refractivity contribution in [1.82, 2.24) is 10.9 Å². The number of nitrogens with one attached hydrogen (secondary N) is 2. The zero-order valence-corrected chi connectivity index (χ0v) is 19.1. The smallest absolute Gasteiger partial charge is 0.276 e. The number of rotatable bonds is 7. The molecule has 0 saturated heterocycles. The molecule has 0 aromatic heterocycles. The van der Waals surface area contributed by atoms with Gasteiger partial charge in [-0.2, -0.15) is 0 Å². The second kappa shape index (κ2) is 10.5. The third-order valence-electron chi connectivity index (χ3n) is 4.11. The fraction of sp³-hybridized carbons (Fsp3) is 0.333. The number of hydrogen-bond donors (Lipinski definition) is 2. The van der Waals surface area contributed by atoms with Gasteiger partial charge in [0.05, 0.1) is 0 Å². The molecular formula is C21H24BrClN2O4. The van der Waals surface area contributed by atoms with Crippen LogP contribution in [0.15, 0.2) is 34.8 Å². The molecule has 0 saturated carbocycles. The van der Waals surface area contributed by atoms with Crippen LogP contribution in [0, 0.1) is 13.8 Å². The summed E-state index contributed by atoms with van der Waals surface area (Å²) < 4.78 is 12.1. The molecule has 0 aliphatic heterocycles. The molecule has 6 nitrogen and oxygen atoms in total. The maximum absolute atomic E-state index is 12.0. The molecule has 2 aromatic rings. The van der Waals surface area contributed by atoms with Crippen molar-refractivity contribution in [2.75, 3.05) is 13.2 Å². The molecule has 2 rings (SSSR count). The van der Waals surface area contributed by atoms with Gasteiger partial charge in [0.15, 0.2) is 13.2 Å². The van der Waals surface area contributed by atoms with Crippen LogP contribution in [0.2, 0.25) is 5.02 Å². The number of aryl methyl sites for hydroxylation is 2. The zero-order valence-electron chi connectivity index (χ0n) is 16.8. The predicted octanol–water partition coefficient (Wildman–Crippen LogP) is 4.45. The predicted molar refractivity (Wildman–Crippen MR) is 116 cm³/mol. The first-order valence-corrected chi connectivity index (χ1v) is 10.2. The Balaban J connectivity index is 1.81. The number of hydrogen-bond acceptors (Lipinski definition) is 4. The first-order chi connectivity index (χ1) is 13.7. The lowest BCUT2D eigenvalue weighted by molar-refractivity contribution is -0.131. The van der Waals surface area contributed by atoms with Gasteiger partial charge in [0.2, 0.25) is 0 Å². The third kappa shape index (κ3) is 6.94. The van der Waals surface area contributed by atoms with Crippen molar-refractivity contribution >= 4 is 39.3 Å². The van der Waals surface area contributed by atoms with Crippen LogP contribution in [0.25, 0.3) is 0 Å². The molecule has 29 heavy (non-hydrogen) atoms. The summed E-state index contributed by atoms with van der Waals surface area (Å²) in [5.41, 5.74) is 7.43. The van der Waals surface area contributed by atoms with Crippen LogP contribution in [-0.2, 0) is 9.59 Å². The van der Waals surface area contributed by atoms with Crippen LogP contribution in [0.5, 0.6) is 11.5 Å². The maximum atomic E-state index is 12.0. The number of hydrazine groups is 1. The van der Waals surface area contributed by atoms with Gasteiger partial charge in [-0.15, -0.1) is 0 Å². The molecule has 0 aliphatic carbocycles. The van der Waals surface area contributed by atoms with E-state index < -0.39 is 11.8 Å². The summed E-state index contributed by atoms with van der Waals surface area (Å²) in [5, 5.41) is 0.591. The van der Waals surface area contributed by atoms with Crippen LogP contribution >= 0.6 is 27.5 Å². The van der Waals surface area contributed by atoms with Gasteiger partial charge < -0.3 is 9.47 Å². The lowest BCUT2D eigenvalue weighted by atomic mass is 10.0. The Morgan fingerprint density at radius 3 is 2.10 bits per heavy atom. The van der Waals surface area contributed by atoms with Gasteiger partial charge in [-0.05, 0) is 66.8 Å².